The molecule has 0 aliphatic heterocycles. The molecule has 0 saturated carbocycles. The molecular weight excluding hydrogens is 140 g/mol. The summed E-state index contributed by atoms with van der Waals surface area (Å²) in [5.74, 6) is 0. The van der Waals surface area contributed by atoms with Crippen LogP contribution in [0.25, 0.3) is 0 Å². The van der Waals surface area contributed by atoms with E-state index in [1.807, 2.05) is 13.8 Å². The van der Waals surface area contributed by atoms with Crippen molar-refractivity contribution in [2.24, 2.45) is 0 Å². The molecule has 47 valence electrons. The Bertz CT molecular complexity index is 63.4. The fourth-order valence-corrected chi connectivity index (χ4v) is 0.469. The number of hydrogen-bond acceptors (Lipinski definition) is 2. The molecule has 0 aromatic heterocycles. The van der Waals surface area contributed by atoms with Gasteiger partial charge >= 0.3 is 62.0 Å². The molecule has 0 fully saturated rings. The third kappa shape index (κ3) is 3.61. The normalized spacial score (nSPS) is 11.8. The van der Waals surface area contributed by atoms with E-state index in [0.29, 0.717) is 6.61 Å². The van der Waals surface area contributed by atoms with Crippen molar-refractivity contribution in [3.8, 4) is 0 Å². The van der Waals surface area contributed by atoms with E-state index < -0.39 is 0 Å². The average Bonchev–Trinajstić information content (AvgIpc) is 1.67. The summed E-state index contributed by atoms with van der Waals surface area (Å²) in [6.07, 6.45) is 0. The summed E-state index contributed by atoms with van der Waals surface area (Å²) in [6, 6.07) is 0. The Labute approximate surface area is 62.4 Å². The fraction of sp³-hybridized carbons (Fsp3) is 1.00. The van der Waals surface area contributed by atoms with Gasteiger partial charge in [-0.1, -0.05) is 0 Å². The predicted molar refractivity (Wildman–Crippen MR) is 27.0 cm³/mol. The summed E-state index contributed by atoms with van der Waals surface area (Å²) in [6.45, 7) is 4.61. The van der Waals surface area contributed by atoms with Gasteiger partial charge in [-0.05, 0) is 0 Å². The summed E-state index contributed by atoms with van der Waals surface area (Å²) in [5.41, 5.74) is -0.130. The molecule has 0 atom stereocenters. The van der Waals surface area contributed by atoms with E-state index in [1.165, 1.54) is 0 Å². The molecule has 0 saturated heterocycles. The Hall–Kier alpha value is 0.634. The zero-order valence-electron chi connectivity index (χ0n) is 5.52. The summed E-state index contributed by atoms with van der Waals surface area (Å²) in [4.78, 5) is 0. The van der Waals surface area contributed by atoms with Gasteiger partial charge in [0.1, 0.15) is 0 Å². The van der Waals surface area contributed by atoms with Gasteiger partial charge in [0.25, 0.3) is 0 Å². The molecule has 3 heteroatoms. The first-order chi connectivity index (χ1) is 3.62. The molecule has 2 nitrogen and oxygen atoms in total. The minimum absolute atomic E-state index is 0.130. The van der Waals surface area contributed by atoms with Gasteiger partial charge in [-0.2, -0.15) is 0 Å². The second-order valence-electron chi connectivity index (χ2n) is 2.29. The van der Waals surface area contributed by atoms with Gasteiger partial charge in [0.2, 0.25) is 0 Å². The molecule has 0 heterocycles. The van der Waals surface area contributed by atoms with Gasteiger partial charge in [-0.25, -0.2) is 0 Å². The second kappa shape index (κ2) is 3.62. The van der Waals surface area contributed by atoms with Crippen LogP contribution in [-0.2, 0) is 28.9 Å². The zero-order valence-corrected chi connectivity index (χ0v) is 7.09. The molecule has 0 unspecified atom stereocenters. The van der Waals surface area contributed by atoms with Crippen LogP contribution in [0.1, 0.15) is 13.8 Å². The molecular formula is C5H11O2Ti. The number of methoxy groups -OCH3 is 1. The average molecular weight is 151 g/mol. The molecule has 0 rings (SSSR count). The number of rotatable bonds is 3. The van der Waals surface area contributed by atoms with Gasteiger partial charge in [-0.3, -0.25) is 0 Å². The van der Waals surface area contributed by atoms with E-state index in [-0.39, 0.29) is 5.60 Å². The molecule has 0 aromatic carbocycles. The van der Waals surface area contributed by atoms with Gasteiger partial charge in [0.05, 0.1) is 0 Å². The van der Waals surface area contributed by atoms with Crippen LogP contribution in [0.3, 0.4) is 0 Å². The molecule has 0 aromatic rings. The quantitative estimate of drug-likeness (QED) is 0.557. The van der Waals surface area contributed by atoms with Crippen molar-refractivity contribution < 1.29 is 28.9 Å². The van der Waals surface area contributed by atoms with Crippen LogP contribution < -0.4 is 0 Å². The topological polar surface area (TPSA) is 18.5 Å². The van der Waals surface area contributed by atoms with Crippen LogP contribution in [0.15, 0.2) is 0 Å². The number of hydrogen-bond donors (Lipinski definition) is 0. The van der Waals surface area contributed by atoms with E-state index >= 15 is 0 Å². The van der Waals surface area contributed by atoms with E-state index in [0.717, 1.165) is 0 Å². The summed E-state index contributed by atoms with van der Waals surface area (Å²) < 4.78 is 9.93. The molecule has 8 heavy (non-hydrogen) atoms. The summed E-state index contributed by atoms with van der Waals surface area (Å²) in [5, 5.41) is 0. The Morgan fingerprint density at radius 1 is 1.50 bits per heavy atom. The van der Waals surface area contributed by atoms with E-state index in [1.54, 1.807) is 27.9 Å². The van der Waals surface area contributed by atoms with Crippen molar-refractivity contribution in [1.82, 2.24) is 0 Å². The predicted octanol–water partition coefficient (Wildman–Crippen LogP) is 0.890. The molecule has 0 spiro atoms. The van der Waals surface area contributed by atoms with Gasteiger partial charge in [-0.15, -0.1) is 0 Å². The second-order valence-corrected chi connectivity index (χ2v) is 2.61. The van der Waals surface area contributed by atoms with Gasteiger partial charge < -0.3 is 0 Å². The van der Waals surface area contributed by atoms with Crippen molar-refractivity contribution in [2.45, 2.75) is 19.4 Å². The fourth-order valence-electron chi connectivity index (χ4n) is 0.377. The summed E-state index contributed by atoms with van der Waals surface area (Å²) >= 11 is 1.68. The molecule has 0 radical (unpaired) electrons. The molecule has 0 N–H and O–H groups in total. The molecule has 0 amide bonds. The Kier molecular flexibility index (Phi) is 3.91. The van der Waals surface area contributed by atoms with Crippen LogP contribution in [0.2, 0.25) is 0 Å². The Morgan fingerprint density at radius 3 is 2.12 bits per heavy atom. The van der Waals surface area contributed by atoms with Crippen molar-refractivity contribution in [1.29, 1.82) is 0 Å². The molecule has 0 aliphatic rings. The van der Waals surface area contributed by atoms with Gasteiger partial charge in [0, 0.05) is 0 Å². The minimum atomic E-state index is -0.130. The third-order valence-corrected chi connectivity index (χ3v) is 1.63. The van der Waals surface area contributed by atoms with Crippen LogP contribution in [0.4, 0.5) is 0 Å². The van der Waals surface area contributed by atoms with E-state index in [9.17, 15) is 0 Å². The van der Waals surface area contributed by atoms with Crippen molar-refractivity contribution in [3.63, 3.8) is 0 Å². The number of ether oxygens (including phenoxy) is 1. The van der Waals surface area contributed by atoms with Crippen molar-refractivity contribution in [2.75, 3.05) is 13.7 Å². The third-order valence-electron chi connectivity index (χ3n) is 0.768. The SMILES string of the molecule is COCC(C)(C)[O][Ti]. The monoisotopic (exact) mass is 151 g/mol. The Morgan fingerprint density at radius 2 is 2.00 bits per heavy atom. The zero-order chi connectivity index (χ0) is 6.62. The maximum atomic E-state index is 5.05. The first-order valence-corrected chi connectivity index (χ1v) is 3.10. The maximum absolute atomic E-state index is 5.05. The van der Waals surface area contributed by atoms with Crippen LogP contribution in [0, 0.1) is 0 Å². The van der Waals surface area contributed by atoms with Crippen molar-refractivity contribution >= 4 is 0 Å². The van der Waals surface area contributed by atoms with Crippen molar-refractivity contribution in [3.05, 3.63) is 0 Å². The van der Waals surface area contributed by atoms with Crippen LogP contribution in [-0.4, -0.2) is 19.3 Å². The Balaban J connectivity index is 3.37. The first kappa shape index (κ1) is 8.63. The van der Waals surface area contributed by atoms with Gasteiger partial charge in [0.15, 0.2) is 0 Å². The van der Waals surface area contributed by atoms with Crippen LogP contribution >= 0.6 is 0 Å². The van der Waals surface area contributed by atoms with Crippen LogP contribution in [0.5, 0.6) is 0 Å². The standard InChI is InChI=1S/C5H11O2.Ti/c1-5(2,6)4-7-3;/h4H2,1-3H3;/q-1;+1. The molecule has 0 aliphatic carbocycles. The van der Waals surface area contributed by atoms with E-state index in [2.05, 4.69) is 0 Å². The summed E-state index contributed by atoms with van der Waals surface area (Å²) in [7, 11) is 1.67. The first-order valence-electron chi connectivity index (χ1n) is 2.46. The molecule has 0 bridgehead atoms. The van der Waals surface area contributed by atoms with E-state index in [4.69, 9.17) is 8.06 Å².